The Bertz CT molecular complexity index is 2280. The van der Waals surface area contributed by atoms with Crippen molar-refractivity contribution in [3.63, 3.8) is 0 Å². The van der Waals surface area contributed by atoms with E-state index < -0.39 is 0 Å². The molecule has 0 spiro atoms. The predicted molar refractivity (Wildman–Crippen MR) is 184 cm³/mol. The Hall–Kier alpha value is -3.94. The van der Waals surface area contributed by atoms with Gasteiger partial charge in [0.15, 0.2) is 11.2 Å². The van der Waals surface area contributed by atoms with Crippen molar-refractivity contribution in [2.45, 2.75) is 13.8 Å². The van der Waals surface area contributed by atoms with Crippen LogP contribution in [0.3, 0.4) is 0 Å². The summed E-state index contributed by atoms with van der Waals surface area (Å²) in [5, 5.41) is 4.38. The molecular formula is C36H22O2S4. The third-order valence-electron chi connectivity index (χ3n) is 7.83. The van der Waals surface area contributed by atoms with Gasteiger partial charge in [-0.2, -0.15) is 0 Å². The topological polar surface area (TPSA) is 26.3 Å². The minimum Gasteiger partial charge on any atom is -0.452 e. The fourth-order valence-electron chi connectivity index (χ4n) is 5.76. The Labute approximate surface area is 257 Å². The molecule has 0 aliphatic carbocycles. The molecule has 9 rings (SSSR count). The van der Waals surface area contributed by atoms with Gasteiger partial charge in [-0.05, 0) is 110 Å². The molecule has 2 nitrogen and oxygen atoms in total. The number of hydrogen-bond donors (Lipinski definition) is 0. The first-order valence-corrected chi connectivity index (χ1v) is 17.0. The third-order valence-corrected chi connectivity index (χ3v) is 12.5. The SMILES string of the molecule is Cc1ccc(-c2ccc(-c3ccc4c(c3)oc3c4ccc4c5ccc(-c6ccc(-c7ccc(C)s7)s6)cc5oc43)s2)s1. The molecule has 9 aromatic rings. The number of rotatable bonds is 4. The molecule has 0 N–H and O–H groups in total. The molecule has 0 saturated carbocycles. The molecule has 0 fully saturated rings. The first kappa shape index (κ1) is 24.6. The van der Waals surface area contributed by atoms with Crippen LogP contribution in [-0.2, 0) is 0 Å². The summed E-state index contributed by atoms with van der Waals surface area (Å²) < 4.78 is 13.1. The van der Waals surface area contributed by atoms with Crippen LogP contribution in [-0.4, -0.2) is 0 Å². The third kappa shape index (κ3) is 3.87. The Kier molecular flexibility index (Phi) is 5.44. The summed E-state index contributed by atoms with van der Waals surface area (Å²) in [6.07, 6.45) is 0. The van der Waals surface area contributed by atoms with Gasteiger partial charge in [0.2, 0.25) is 0 Å². The zero-order valence-corrected chi connectivity index (χ0v) is 26.0. The molecule has 3 aromatic carbocycles. The molecule has 0 radical (unpaired) electrons. The molecule has 6 heteroatoms. The van der Waals surface area contributed by atoms with Crippen LogP contribution in [0.4, 0.5) is 0 Å². The molecule has 0 amide bonds. The van der Waals surface area contributed by atoms with Crippen LogP contribution < -0.4 is 0 Å². The van der Waals surface area contributed by atoms with Crippen LogP contribution in [0.1, 0.15) is 9.75 Å². The predicted octanol–water partition coefficient (Wildman–Crippen LogP) is 13.0. The van der Waals surface area contributed by atoms with Gasteiger partial charge in [-0.1, -0.05) is 12.1 Å². The van der Waals surface area contributed by atoms with E-state index in [2.05, 4.69) is 111 Å². The highest BCUT2D eigenvalue weighted by atomic mass is 32.1. The lowest BCUT2D eigenvalue weighted by Crippen LogP contribution is -1.72. The molecule has 0 atom stereocenters. The highest BCUT2D eigenvalue weighted by Gasteiger charge is 2.18. The van der Waals surface area contributed by atoms with Crippen LogP contribution in [0.5, 0.6) is 0 Å². The van der Waals surface area contributed by atoms with Gasteiger partial charge in [0.05, 0.1) is 0 Å². The van der Waals surface area contributed by atoms with Crippen molar-refractivity contribution in [3.05, 3.63) is 107 Å². The second kappa shape index (κ2) is 9.28. The lowest BCUT2D eigenvalue weighted by Gasteiger charge is -1.97. The normalized spacial score (nSPS) is 12.0. The van der Waals surface area contributed by atoms with Gasteiger partial charge in [-0.3, -0.25) is 0 Å². The second-order valence-corrected chi connectivity index (χ2v) is 15.3. The summed E-state index contributed by atoms with van der Waals surface area (Å²) in [7, 11) is 0. The average molecular weight is 615 g/mol. The van der Waals surface area contributed by atoms with Gasteiger partial charge in [-0.15, -0.1) is 45.3 Å². The van der Waals surface area contributed by atoms with E-state index in [1.54, 1.807) is 0 Å². The van der Waals surface area contributed by atoms with Crippen molar-refractivity contribution in [2.24, 2.45) is 0 Å². The Morgan fingerprint density at radius 1 is 0.381 bits per heavy atom. The van der Waals surface area contributed by atoms with Crippen molar-refractivity contribution in [1.82, 2.24) is 0 Å². The number of hydrogen-bond acceptors (Lipinski definition) is 6. The largest absolute Gasteiger partial charge is 0.452 e. The van der Waals surface area contributed by atoms with Gasteiger partial charge >= 0.3 is 0 Å². The molecule has 0 saturated heterocycles. The fraction of sp³-hybridized carbons (Fsp3) is 0.0556. The molecule has 0 aliphatic rings. The molecule has 42 heavy (non-hydrogen) atoms. The van der Waals surface area contributed by atoms with Crippen LogP contribution in [0.25, 0.3) is 84.3 Å². The maximum atomic E-state index is 6.54. The first-order chi connectivity index (χ1) is 20.6. The van der Waals surface area contributed by atoms with Crippen molar-refractivity contribution < 1.29 is 8.83 Å². The Balaban J connectivity index is 1.12. The van der Waals surface area contributed by atoms with Crippen molar-refractivity contribution >= 4 is 89.2 Å². The Morgan fingerprint density at radius 3 is 1.19 bits per heavy atom. The Morgan fingerprint density at radius 2 is 0.762 bits per heavy atom. The van der Waals surface area contributed by atoms with E-state index in [9.17, 15) is 0 Å². The van der Waals surface area contributed by atoms with E-state index in [1.807, 2.05) is 45.3 Å². The molecule has 6 aromatic heterocycles. The van der Waals surface area contributed by atoms with E-state index in [-0.39, 0.29) is 0 Å². The summed E-state index contributed by atoms with van der Waals surface area (Å²) in [5.74, 6) is 0. The highest BCUT2D eigenvalue weighted by Crippen LogP contribution is 2.43. The van der Waals surface area contributed by atoms with Crippen LogP contribution >= 0.6 is 45.3 Å². The summed E-state index contributed by atoms with van der Waals surface area (Å²) in [4.78, 5) is 10.4. The number of furan rings is 2. The fourth-order valence-corrected chi connectivity index (χ4v) is 9.68. The zero-order valence-electron chi connectivity index (χ0n) is 22.7. The van der Waals surface area contributed by atoms with E-state index in [1.165, 1.54) is 50.1 Å². The van der Waals surface area contributed by atoms with E-state index in [0.717, 1.165) is 43.9 Å². The van der Waals surface area contributed by atoms with E-state index in [0.29, 0.717) is 0 Å². The molecule has 0 bridgehead atoms. The second-order valence-electron chi connectivity index (χ2n) is 10.6. The quantitative estimate of drug-likeness (QED) is 0.197. The summed E-state index contributed by atoms with van der Waals surface area (Å²) >= 11 is 7.33. The van der Waals surface area contributed by atoms with Gasteiger partial charge in [0.25, 0.3) is 0 Å². The van der Waals surface area contributed by atoms with Gasteiger partial charge in [-0.25, -0.2) is 0 Å². The number of aryl methyl sites for hydroxylation is 2. The molecule has 0 unspecified atom stereocenters. The summed E-state index contributed by atoms with van der Waals surface area (Å²) in [6, 6.07) is 35.1. The lowest BCUT2D eigenvalue weighted by atomic mass is 10.1. The smallest absolute Gasteiger partial charge is 0.178 e. The first-order valence-electron chi connectivity index (χ1n) is 13.7. The average Bonchev–Trinajstić information content (AvgIpc) is 3.83. The van der Waals surface area contributed by atoms with Crippen LogP contribution in [0.15, 0.2) is 106 Å². The van der Waals surface area contributed by atoms with E-state index >= 15 is 0 Å². The minimum absolute atomic E-state index is 0.810. The molecule has 202 valence electrons. The minimum atomic E-state index is 0.810. The van der Waals surface area contributed by atoms with E-state index in [4.69, 9.17) is 8.83 Å². The van der Waals surface area contributed by atoms with Crippen molar-refractivity contribution in [2.75, 3.05) is 0 Å². The molecular weight excluding hydrogens is 593 g/mol. The van der Waals surface area contributed by atoms with Gasteiger partial charge in [0, 0.05) is 60.6 Å². The number of fused-ring (bicyclic) bond motifs is 7. The summed E-state index contributed by atoms with van der Waals surface area (Å²) in [5.41, 5.74) is 5.73. The monoisotopic (exact) mass is 614 g/mol. The molecule has 0 aliphatic heterocycles. The van der Waals surface area contributed by atoms with Crippen molar-refractivity contribution in [1.29, 1.82) is 0 Å². The van der Waals surface area contributed by atoms with Crippen molar-refractivity contribution in [3.8, 4) is 40.4 Å². The summed E-state index contributed by atoms with van der Waals surface area (Å²) in [6.45, 7) is 4.31. The molecule has 6 heterocycles. The lowest BCUT2D eigenvalue weighted by molar-refractivity contribution is 0.633. The standard InChI is InChI=1S/C36H22O2S4/c1-19-3-11-31(39-19)33-15-13-29(41-33)21-5-7-23-25-9-10-26-24-8-6-22(18-28(24)38-36(26)35(25)37-27(23)17-21)30-14-16-34(42-30)32-12-4-20(2)40-32/h3-18H,1-2H3. The van der Waals surface area contributed by atoms with Gasteiger partial charge < -0.3 is 8.83 Å². The highest BCUT2D eigenvalue weighted by molar-refractivity contribution is 7.24. The van der Waals surface area contributed by atoms with Crippen LogP contribution in [0, 0.1) is 13.8 Å². The zero-order chi connectivity index (χ0) is 27.9. The number of thiophene rings is 4. The maximum Gasteiger partial charge on any atom is 0.178 e. The van der Waals surface area contributed by atoms with Gasteiger partial charge in [0.1, 0.15) is 11.2 Å². The number of benzene rings is 3. The van der Waals surface area contributed by atoms with Crippen LogP contribution in [0.2, 0.25) is 0 Å². The maximum absolute atomic E-state index is 6.54.